The lowest BCUT2D eigenvalue weighted by Crippen LogP contribution is -2.35. The summed E-state index contributed by atoms with van der Waals surface area (Å²) < 4.78 is 28.0. The zero-order valence-corrected chi connectivity index (χ0v) is 20.9. The molecule has 10 nitrogen and oxygen atoms in total. The number of anilines is 2. The molecule has 0 saturated carbocycles. The second-order valence-corrected chi connectivity index (χ2v) is 11.6. The number of fused-ring (bicyclic) bond motifs is 4. The fourth-order valence-electron chi connectivity index (χ4n) is 4.79. The Morgan fingerprint density at radius 1 is 1.25 bits per heavy atom. The van der Waals surface area contributed by atoms with Crippen molar-refractivity contribution < 1.29 is 17.6 Å². The highest BCUT2D eigenvalue weighted by Gasteiger charge is 2.29. The van der Waals surface area contributed by atoms with Crippen molar-refractivity contribution >= 4 is 49.3 Å². The van der Waals surface area contributed by atoms with Crippen LogP contribution in [0.2, 0.25) is 0 Å². The van der Waals surface area contributed by atoms with Crippen LogP contribution in [0.4, 0.5) is 11.5 Å². The van der Waals surface area contributed by atoms with Crippen molar-refractivity contribution in [2.24, 2.45) is 5.92 Å². The van der Waals surface area contributed by atoms with E-state index < -0.39 is 15.5 Å². The van der Waals surface area contributed by atoms with Gasteiger partial charge in [0.1, 0.15) is 33.2 Å². The van der Waals surface area contributed by atoms with Crippen LogP contribution < -0.4 is 16.3 Å². The minimum absolute atomic E-state index is 0.0503. The lowest BCUT2D eigenvalue weighted by atomic mass is 9.86. The van der Waals surface area contributed by atoms with Gasteiger partial charge in [-0.15, -0.1) is 0 Å². The van der Waals surface area contributed by atoms with E-state index in [0.29, 0.717) is 55.0 Å². The second kappa shape index (κ2) is 9.38. The molecule has 0 aliphatic heterocycles. The molecule has 3 N–H and O–H groups in total. The van der Waals surface area contributed by atoms with Crippen molar-refractivity contribution in [1.29, 1.82) is 0 Å². The molecule has 0 saturated heterocycles. The van der Waals surface area contributed by atoms with Crippen molar-refractivity contribution in [3.05, 3.63) is 57.8 Å². The van der Waals surface area contributed by atoms with Crippen LogP contribution in [0.25, 0.3) is 22.0 Å². The molecule has 0 spiro atoms. The number of carbonyl (C=O) groups excluding carboxylic acids is 1. The molecular weight excluding hydrogens is 482 g/mol. The summed E-state index contributed by atoms with van der Waals surface area (Å²) >= 11 is 0. The molecular formula is C25H27N5O5S. The summed E-state index contributed by atoms with van der Waals surface area (Å²) in [5.74, 6) is 0.353. The van der Waals surface area contributed by atoms with Crippen molar-refractivity contribution in [2.75, 3.05) is 23.9 Å². The van der Waals surface area contributed by atoms with E-state index >= 15 is 0 Å². The number of rotatable bonds is 7. The van der Waals surface area contributed by atoms with Crippen LogP contribution in [0.1, 0.15) is 29.7 Å². The van der Waals surface area contributed by atoms with E-state index in [-0.39, 0.29) is 17.6 Å². The summed E-state index contributed by atoms with van der Waals surface area (Å²) in [7, 11) is -3.05. The Bertz CT molecular complexity index is 1640. The number of aryl methyl sites for hydroxylation is 2. The van der Waals surface area contributed by atoms with Crippen LogP contribution in [0.5, 0.6) is 0 Å². The Morgan fingerprint density at radius 2 is 2.08 bits per heavy atom. The number of amides is 1. The predicted octanol–water partition coefficient (Wildman–Crippen LogP) is 2.77. The van der Waals surface area contributed by atoms with Crippen LogP contribution in [0, 0.1) is 12.8 Å². The molecule has 1 aliphatic rings. The molecule has 0 bridgehead atoms. The maximum atomic E-state index is 12.8. The summed E-state index contributed by atoms with van der Waals surface area (Å²) in [5.41, 5.74) is 4.36. The molecule has 3 heterocycles. The first-order chi connectivity index (χ1) is 17.2. The highest BCUT2D eigenvalue weighted by Crippen LogP contribution is 2.35. The summed E-state index contributed by atoms with van der Waals surface area (Å²) in [5, 5.41) is 7.89. The highest BCUT2D eigenvalue weighted by molar-refractivity contribution is 7.90. The monoisotopic (exact) mass is 509 g/mol. The van der Waals surface area contributed by atoms with Gasteiger partial charge in [-0.05, 0) is 55.9 Å². The summed E-state index contributed by atoms with van der Waals surface area (Å²) in [6, 6.07) is 7.03. The maximum Gasteiger partial charge on any atom is 0.336 e. The lowest BCUT2D eigenvalue weighted by Gasteiger charge is -2.22. The topological polar surface area (TPSA) is 147 Å². The Hall–Kier alpha value is -3.73. The number of aromatic nitrogens is 3. The first-order valence-corrected chi connectivity index (χ1v) is 13.9. The summed E-state index contributed by atoms with van der Waals surface area (Å²) in [6.07, 6.45) is 4.98. The quantitative estimate of drug-likeness (QED) is 0.255. The Kier molecular flexibility index (Phi) is 6.25. The number of benzene rings is 1. The predicted molar refractivity (Wildman–Crippen MR) is 137 cm³/mol. The van der Waals surface area contributed by atoms with E-state index in [0.717, 1.165) is 27.6 Å². The van der Waals surface area contributed by atoms with Crippen molar-refractivity contribution in [3.8, 4) is 0 Å². The van der Waals surface area contributed by atoms with E-state index in [1.165, 1.54) is 18.6 Å². The molecule has 0 radical (unpaired) electrons. The van der Waals surface area contributed by atoms with Crippen LogP contribution in [-0.2, 0) is 27.5 Å². The van der Waals surface area contributed by atoms with Gasteiger partial charge in [0.2, 0.25) is 5.91 Å². The molecule has 5 rings (SSSR count). The van der Waals surface area contributed by atoms with Crippen molar-refractivity contribution in [3.63, 3.8) is 0 Å². The van der Waals surface area contributed by atoms with E-state index in [9.17, 15) is 18.0 Å². The molecule has 1 aromatic carbocycles. The third kappa shape index (κ3) is 4.97. The molecule has 1 aliphatic carbocycles. The normalized spacial score (nSPS) is 15.7. The van der Waals surface area contributed by atoms with Gasteiger partial charge in [-0.25, -0.2) is 23.2 Å². The van der Waals surface area contributed by atoms with Gasteiger partial charge in [-0.3, -0.25) is 4.79 Å². The van der Waals surface area contributed by atoms with Gasteiger partial charge < -0.3 is 20.0 Å². The molecule has 0 fully saturated rings. The van der Waals surface area contributed by atoms with E-state index in [1.807, 2.05) is 19.1 Å². The maximum absolute atomic E-state index is 12.8. The fraction of sp³-hybridized carbons (Fsp3) is 0.360. The van der Waals surface area contributed by atoms with Crippen LogP contribution >= 0.6 is 0 Å². The van der Waals surface area contributed by atoms with Crippen LogP contribution in [0.3, 0.4) is 0 Å². The largest absolute Gasteiger partial charge is 0.423 e. The number of hydrogen-bond acceptors (Lipinski definition) is 8. The smallest absolute Gasteiger partial charge is 0.336 e. The minimum atomic E-state index is -3.05. The van der Waals surface area contributed by atoms with Gasteiger partial charge in [-0.2, -0.15) is 0 Å². The zero-order valence-electron chi connectivity index (χ0n) is 20.1. The van der Waals surface area contributed by atoms with Gasteiger partial charge in [0, 0.05) is 47.6 Å². The number of nitrogens with zero attached hydrogens (tertiary/aromatic N) is 2. The Balaban J connectivity index is 1.39. The number of carbonyl (C=O) groups is 1. The number of aromatic amines is 1. The van der Waals surface area contributed by atoms with Gasteiger partial charge >= 0.3 is 5.63 Å². The zero-order chi connectivity index (χ0) is 25.4. The molecule has 11 heteroatoms. The molecule has 4 aromatic rings. The molecule has 188 valence electrons. The van der Waals surface area contributed by atoms with E-state index in [2.05, 4.69) is 25.6 Å². The summed E-state index contributed by atoms with van der Waals surface area (Å²) in [6.45, 7) is 2.20. The third-order valence-electron chi connectivity index (χ3n) is 6.55. The highest BCUT2D eigenvalue weighted by atomic mass is 32.2. The van der Waals surface area contributed by atoms with Gasteiger partial charge in [0.25, 0.3) is 0 Å². The van der Waals surface area contributed by atoms with E-state index in [4.69, 9.17) is 4.42 Å². The van der Waals surface area contributed by atoms with Gasteiger partial charge in [0.05, 0.1) is 11.1 Å². The van der Waals surface area contributed by atoms with E-state index in [1.54, 1.807) is 6.07 Å². The van der Waals surface area contributed by atoms with Crippen LogP contribution in [0.15, 0.2) is 39.8 Å². The molecule has 36 heavy (non-hydrogen) atoms. The Morgan fingerprint density at radius 3 is 2.89 bits per heavy atom. The Labute approximate surface area is 207 Å². The average molecular weight is 510 g/mol. The molecule has 3 aromatic heterocycles. The second-order valence-electron chi connectivity index (χ2n) is 9.33. The van der Waals surface area contributed by atoms with Gasteiger partial charge in [-0.1, -0.05) is 0 Å². The molecule has 1 atom stereocenters. The molecule has 1 amide bonds. The number of sulfone groups is 1. The minimum Gasteiger partial charge on any atom is -0.423 e. The standard InChI is InChI=1S/C25H27N5O5S/c1-14-10-21(31)35-20-12-16(5-6-17(14)20)29-23-22-18-11-15(25(32)26-8-3-9-36(2,33)34)4-7-19(18)30-24(22)28-13-27-23/h5-6,10,12-13,15H,3-4,7-9,11H2,1-2H3,(H,26,32)(H2,27,28,29,30). The first kappa shape index (κ1) is 24.0. The third-order valence-corrected chi connectivity index (χ3v) is 7.58. The fourth-order valence-corrected chi connectivity index (χ4v) is 5.46. The molecule has 1 unspecified atom stereocenters. The van der Waals surface area contributed by atoms with Crippen LogP contribution in [-0.4, -0.2) is 47.8 Å². The first-order valence-electron chi connectivity index (χ1n) is 11.8. The SMILES string of the molecule is Cc1cc(=O)oc2cc(Nc3ncnc4[nH]c5c(c34)CC(C(=O)NCCCS(C)(=O)=O)CC5)ccc12. The van der Waals surface area contributed by atoms with Gasteiger partial charge in [0.15, 0.2) is 0 Å². The van der Waals surface area contributed by atoms with Crippen molar-refractivity contribution in [2.45, 2.75) is 32.6 Å². The number of nitrogens with one attached hydrogen (secondary N) is 3. The number of H-pyrrole nitrogens is 1. The number of hydrogen-bond donors (Lipinski definition) is 3. The lowest BCUT2D eigenvalue weighted by molar-refractivity contribution is -0.125. The average Bonchev–Trinajstić information content (AvgIpc) is 3.19. The van der Waals surface area contributed by atoms with Crippen molar-refractivity contribution in [1.82, 2.24) is 20.3 Å². The summed E-state index contributed by atoms with van der Waals surface area (Å²) in [4.78, 5) is 36.8.